The summed E-state index contributed by atoms with van der Waals surface area (Å²) in [5.74, 6) is 0.165. The summed E-state index contributed by atoms with van der Waals surface area (Å²) in [5, 5.41) is 0.589. The Labute approximate surface area is 123 Å². The van der Waals surface area contributed by atoms with E-state index in [0.29, 0.717) is 16.6 Å². The van der Waals surface area contributed by atoms with E-state index in [1.807, 2.05) is 13.0 Å². The summed E-state index contributed by atoms with van der Waals surface area (Å²) in [4.78, 5) is 26.4. The summed E-state index contributed by atoms with van der Waals surface area (Å²) in [7, 11) is 0. The van der Waals surface area contributed by atoms with Crippen LogP contribution in [0.4, 0.5) is 5.69 Å². The maximum Gasteiger partial charge on any atom is 0.237 e. The van der Waals surface area contributed by atoms with Crippen molar-refractivity contribution in [3.05, 3.63) is 28.8 Å². The van der Waals surface area contributed by atoms with Gasteiger partial charge in [-0.3, -0.25) is 14.5 Å². The van der Waals surface area contributed by atoms with E-state index in [1.54, 1.807) is 12.1 Å². The molecule has 20 heavy (non-hydrogen) atoms. The summed E-state index contributed by atoms with van der Waals surface area (Å²) >= 11 is 6.11. The first-order valence-electron chi connectivity index (χ1n) is 7.13. The number of benzene rings is 1. The molecule has 2 amide bonds. The first-order chi connectivity index (χ1) is 9.49. The van der Waals surface area contributed by atoms with Crippen molar-refractivity contribution in [3.8, 4) is 0 Å². The number of fused-ring (bicyclic) bond motifs is 1. The van der Waals surface area contributed by atoms with Gasteiger partial charge in [-0.1, -0.05) is 24.6 Å². The van der Waals surface area contributed by atoms with Crippen LogP contribution in [0.3, 0.4) is 0 Å². The zero-order valence-corrected chi connectivity index (χ0v) is 12.5. The monoisotopic (exact) mass is 291 g/mol. The van der Waals surface area contributed by atoms with Crippen molar-refractivity contribution >= 4 is 29.1 Å². The van der Waals surface area contributed by atoms with Crippen LogP contribution >= 0.6 is 11.6 Å². The lowest BCUT2D eigenvalue weighted by Crippen LogP contribution is -2.30. The molecule has 1 saturated carbocycles. The molecule has 0 unspecified atom stereocenters. The third-order valence-electron chi connectivity index (χ3n) is 4.60. The molecule has 0 bridgehead atoms. The molecule has 2 aliphatic rings. The Morgan fingerprint density at radius 3 is 2.55 bits per heavy atom. The first kappa shape index (κ1) is 13.6. The van der Waals surface area contributed by atoms with Crippen molar-refractivity contribution in [2.45, 2.75) is 33.1 Å². The number of amides is 2. The van der Waals surface area contributed by atoms with E-state index in [2.05, 4.69) is 6.92 Å². The van der Waals surface area contributed by atoms with Crippen LogP contribution in [0.5, 0.6) is 0 Å². The lowest BCUT2D eigenvalue weighted by atomic mass is 9.76. The molecule has 1 aromatic rings. The predicted octanol–water partition coefficient (Wildman–Crippen LogP) is 3.57. The molecular weight excluding hydrogens is 274 g/mol. The molecule has 3 atom stereocenters. The summed E-state index contributed by atoms with van der Waals surface area (Å²) in [6.07, 6.45) is 2.68. The van der Waals surface area contributed by atoms with Crippen LogP contribution in [0.1, 0.15) is 31.7 Å². The quantitative estimate of drug-likeness (QED) is 0.742. The molecule has 0 spiro atoms. The van der Waals surface area contributed by atoms with Crippen molar-refractivity contribution in [1.29, 1.82) is 0 Å². The van der Waals surface area contributed by atoms with E-state index in [-0.39, 0.29) is 23.7 Å². The lowest BCUT2D eigenvalue weighted by Gasteiger charge is -2.25. The van der Waals surface area contributed by atoms with E-state index < -0.39 is 0 Å². The highest BCUT2D eigenvalue weighted by molar-refractivity contribution is 6.32. The van der Waals surface area contributed by atoms with E-state index in [0.717, 1.165) is 24.8 Å². The molecule has 1 heterocycles. The second-order valence-electron chi connectivity index (χ2n) is 6.08. The first-order valence-corrected chi connectivity index (χ1v) is 7.51. The Kier molecular flexibility index (Phi) is 3.33. The van der Waals surface area contributed by atoms with Crippen LogP contribution < -0.4 is 4.90 Å². The molecule has 2 fully saturated rings. The van der Waals surface area contributed by atoms with Crippen LogP contribution in [0.15, 0.2) is 18.2 Å². The molecule has 3 nitrogen and oxygen atoms in total. The van der Waals surface area contributed by atoms with Gasteiger partial charge in [-0.25, -0.2) is 0 Å². The van der Waals surface area contributed by atoms with Gasteiger partial charge in [0.1, 0.15) is 0 Å². The van der Waals surface area contributed by atoms with Crippen LogP contribution in [0.25, 0.3) is 0 Å². The van der Waals surface area contributed by atoms with Crippen LogP contribution in [0.2, 0.25) is 5.02 Å². The minimum atomic E-state index is -0.133. The van der Waals surface area contributed by atoms with E-state index >= 15 is 0 Å². The second-order valence-corrected chi connectivity index (χ2v) is 6.48. The largest absolute Gasteiger partial charge is 0.274 e. The zero-order valence-electron chi connectivity index (χ0n) is 11.7. The van der Waals surface area contributed by atoms with Gasteiger partial charge < -0.3 is 0 Å². The van der Waals surface area contributed by atoms with Crippen molar-refractivity contribution in [2.75, 3.05) is 4.90 Å². The topological polar surface area (TPSA) is 37.4 Å². The average molecular weight is 292 g/mol. The Balaban J connectivity index is 1.96. The average Bonchev–Trinajstić information content (AvgIpc) is 2.65. The number of anilines is 1. The summed E-state index contributed by atoms with van der Waals surface area (Å²) in [6, 6.07) is 5.37. The normalized spacial score (nSPS) is 29.8. The second kappa shape index (κ2) is 4.88. The molecule has 0 aromatic heterocycles. The number of hydrogen-bond acceptors (Lipinski definition) is 2. The molecule has 4 heteroatoms. The van der Waals surface area contributed by atoms with Gasteiger partial charge in [-0.15, -0.1) is 0 Å². The Morgan fingerprint density at radius 2 is 1.85 bits per heavy atom. The maximum absolute atomic E-state index is 12.6. The number of halogens is 1. The fourth-order valence-electron chi connectivity index (χ4n) is 3.36. The SMILES string of the molecule is Cc1ccc(N2C(=O)[C@H]3CC[C@H](C)C[C@@H]3C2=O)cc1Cl. The van der Waals surface area contributed by atoms with Crippen LogP contribution in [-0.2, 0) is 9.59 Å². The lowest BCUT2D eigenvalue weighted by molar-refractivity contribution is -0.122. The summed E-state index contributed by atoms with van der Waals surface area (Å²) in [5.41, 5.74) is 1.55. The molecule has 3 rings (SSSR count). The number of aryl methyl sites for hydroxylation is 1. The standard InChI is InChI=1S/C16H18ClNO2/c1-9-3-6-12-13(7-9)16(20)18(15(12)19)11-5-4-10(2)14(17)8-11/h4-5,8-9,12-13H,3,6-7H2,1-2H3/t9-,12-,13-/m0/s1. The molecule has 1 aliphatic heterocycles. The molecular formula is C16H18ClNO2. The van der Waals surface area contributed by atoms with Gasteiger partial charge >= 0.3 is 0 Å². The van der Waals surface area contributed by atoms with Crippen molar-refractivity contribution in [2.24, 2.45) is 17.8 Å². The fraction of sp³-hybridized carbons (Fsp3) is 0.500. The summed E-state index contributed by atoms with van der Waals surface area (Å²) < 4.78 is 0. The molecule has 1 saturated heterocycles. The zero-order chi connectivity index (χ0) is 14.4. The van der Waals surface area contributed by atoms with Crippen molar-refractivity contribution < 1.29 is 9.59 Å². The van der Waals surface area contributed by atoms with Gasteiger partial charge in [0, 0.05) is 5.02 Å². The Morgan fingerprint density at radius 1 is 1.15 bits per heavy atom. The van der Waals surface area contributed by atoms with E-state index in [1.165, 1.54) is 4.90 Å². The highest BCUT2D eigenvalue weighted by atomic mass is 35.5. The fourth-order valence-corrected chi connectivity index (χ4v) is 3.54. The van der Waals surface area contributed by atoms with Crippen LogP contribution in [-0.4, -0.2) is 11.8 Å². The minimum absolute atomic E-state index is 0.0492. The summed E-state index contributed by atoms with van der Waals surface area (Å²) in [6.45, 7) is 4.06. The number of nitrogens with zero attached hydrogens (tertiary/aromatic N) is 1. The predicted molar refractivity (Wildman–Crippen MR) is 78.7 cm³/mol. The van der Waals surface area contributed by atoms with Gasteiger partial charge in [0.05, 0.1) is 17.5 Å². The molecule has 0 radical (unpaired) electrons. The number of imide groups is 1. The van der Waals surface area contributed by atoms with Gasteiger partial charge in [0.25, 0.3) is 0 Å². The third-order valence-corrected chi connectivity index (χ3v) is 5.01. The van der Waals surface area contributed by atoms with Crippen molar-refractivity contribution in [1.82, 2.24) is 0 Å². The van der Waals surface area contributed by atoms with Gasteiger partial charge in [-0.2, -0.15) is 0 Å². The molecule has 0 N–H and O–H groups in total. The van der Waals surface area contributed by atoms with Gasteiger partial charge in [0.2, 0.25) is 11.8 Å². The highest BCUT2D eigenvalue weighted by Gasteiger charge is 2.49. The number of rotatable bonds is 1. The van der Waals surface area contributed by atoms with Gasteiger partial charge in [-0.05, 0) is 49.8 Å². The van der Waals surface area contributed by atoms with Gasteiger partial charge in [0.15, 0.2) is 0 Å². The number of carbonyl (C=O) groups excluding carboxylic acids is 2. The number of hydrogen-bond donors (Lipinski definition) is 0. The molecule has 1 aromatic carbocycles. The Hall–Kier alpha value is -1.35. The van der Waals surface area contributed by atoms with Crippen molar-refractivity contribution in [3.63, 3.8) is 0 Å². The maximum atomic E-state index is 12.6. The minimum Gasteiger partial charge on any atom is -0.274 e. The molecule has 106 valence electrons. The van der Waals surface area contributed by atoms with Crippen LogP contribution in [0, 0.1) is 24.7 Å². The smallest absolute Gasteiger partial charge is 0.237 e. The third kappa shape index (κ3) is 2.05. The Bertz CT molecular complexity index is 584. The van der Waals surface area contributed by atoms with E-state index in [4.69, 9.17) is 11.6 Å². The van der Waals surface area contributed by atoms with E-state index in [9.17, 15) is 9.59 Å². The highest BCUT2D eigenvalue weighted by Crippen LogP contribution is 2.42. The molecule has 1 aliphatic carbocycles. The number of carbonyl (C=O) groups is 2.